The van der Waals surface area contributed by atoms with Crippen LogP contribution in [-0.2, 0) is 17.1 Å². The number of benzene rings is 1. The van der Waals surface area contributed by atoms with Crippen molar-refractivity contribution in [3.05, 3.63) is 34.9 Å². The fourth-order valence-electron chi connectivity index (χ4n) is 2.25. The van der Waals surface area contributed by atoms with Gasteiger partial charge in [-0.1, -0.05) is 6.07 Å². The molecule has 0 saturated heterocycles. The Bertz CT molecular complexity index is 636. The highest BCUT2D eigenvalue weighted by molar-refractivity contribution is 5.94. The Morgan fingerprint density at radius 1 is 1.21 bits per heavy atom. The second-order valence-corrected chi connectivity index (χ2v) is 4.75. The smallest absolute Gasteiger partial charge is 0.416 e. The normalized spacial score (nSPS) is 18.0. The molecular weight excluding hydrogens is 344 g/mol. The first-order chi connectivity index (χ1) is 11.0. The number of ether oxygens (including phenoxy) is 1. The summed E-state index contributed by atoms with van der Waals surface area (Å²) in [6.45, 7) is -0.338. The highest BCUT2D eigenvalue weighted by atomic mass is 19.4. The molecule has 1 heterocycles. The maximum atomic E-state index is 13.1. The van der Waals surface area contributed by atoms with Crippen molar-refractivity contribution in [3.63, 3.8) is 0 Å². The lowest BCUT2D eigenvalue weighted by molar-refractivity contribution is -0.144. The monoisotopic (exact) mass is 355 g/mol. The molecule has 1 aliphatic rings. The van der Waals surface area contributed by atoms with Gasteiger partial charge in [0.25, 0.3) is 0 Å². The van der Waals surface area contributed by atoms with E-state index in [1.165, 1.54) is 0 Å². The third kappa shape index (κ3) is 3.71. The number of guanidine groups is 1. The molecule has 0 aromatic heterocycles. The van der Waals surface area contributed by atoms with Gasteiger partial charge in [-0.05, 0) is 12.1 Å². The van der Waals surface area contributed by atoms with Gasteiger partial charge in [0, 0.05) is 12.1 Å². The summed E-state index contributed by atoms with van der Waals surface area (Å²) >= 11 is 0. The summed E-state index contributed by atoms with van der Waals surface area (Å²) in [6, 6.07) is 0.346. The van der Waals surface area contributed by atoms with Crippen LogP contribution in [0.15, 0.2) is 23.2 Å². The summed E-state index contributed by atoms with van der Waals surface area (Å²) in [6.07, 6.45) is -10.9. The average molecular weight is 355 g/mol. The highest BCUT2D eigenvalue weighted by Gasteiger charge is 2.43. The molecule has 0 aliphatic carbocycles. The van der Waals surface area contributed by atoms with Crippen molar-refractivity contribution in [2.24, 2.45) is 4.99 Å². The van der Waals surface area contributed by atoms with E-state index in [1.807, 2.05) is 0 Å². The number of aliphatic imine (C=N–C) groups is 1. The molecule has 0 saturated carbocycles. The van der Waals surface area contributed by atoms with E-state index in [9.17, 15) is 31.1 Å². The Morgan fingerprint density at radius 2 is 1.75 bits per heavy atom. The summed E-state index contributed by atoms with van der Waals surface area (Å²) in [5.74, 6) is -0.267. The van der Waals surface area contributed by atoms with Gasteiger partial charge in [-0.2, -0.15) is 26.3 Å². The number of alkyl halides is 6. The Morgan fingerprint density at radius 3 is 2.21 bits per heavy atom. The van der Waals surface area contributed by atoms with Gasteiger partial charge >= 0.3 is 18.4 Å². The number of carbonyl (C=O) groups excluding carboxylic acids is 1. The third-order valence-electron chi connectivity index (χ3n) is 3.20. The van der Waals surface area contributed by atoms with Gasteiger partial charge in [-0.25, -0.2) is 9.79 Å². The van der Waals surface area contributed by atoms with Crippen molar-refractivity contribution in [3.8, 4) is 0 Å². The predicted octanol–water partition coefficient (Wildman–Crippen LogP) is 3.08. The molecule has 2 N–H and O–H groups in total. The van der Waals surface area contributed by atoms with Crippen molar-refractivity contribution in [2.45, 2.75) is 18.4 Å². The molecule has 132 valence electrons. The number of halogens is 6. The summed E-state index contributed by atoms with van der Waals surface area (Å²) in [4.78, 5) is 14.7. The standard InChI is InChI=1S/C13H11F6N3O2/c1-24-11(23)22-10-20-5-8(21-10)9-6(12(14,15)16)3-2-4-7(9)13(17,18)19/h2-4,8H,5H2,1H3,(H2,20,21,22,23). The van der Waals surface area contributed by atoms with E-state index in [1.54, 1.807) is 0 Å². The van der Waals surface area contributed by atoms with Crippen LogP contribution in [0.25, 0.3) is 0 Å². The van der Waals surface area contributed by atoms with E-state index in [4.69, 9.17) is 0 Å². The molecule has 1 aromatic carbocycles. The van der Waals surface area contributed by atoms with E-state index in [-0.39, 0.29) is 12.5 Å². The lowest BCUT2D eigenvalue weighted by Crippen LogP contribution is -2.38. The van der Waals surface area contributed by atoms with Gasteiger partial charge in [-0.3, -0.25) is 5.32 Å². The molecule has 1 atom stereocenters. The highest BCUT2D eigenvalue weighted by Crippen LogP contribution is 2.43. The molecule has 0 bridgehead atoms. The molecule has 1 unspecified atom stereocenters. The summed E-state index contributed by atoms with van der Waals surface area (Å²) in [5.41, 5.74) is -3.84. The largest absolute Gasteiger partial charge is 0.453 e. The second kappa shape index (κ2) is 6.21. The Hall–Kier alpha value is -2.46. The van der Waals surface area contributed by atoms with Crippen LogP contribution in [0, 0.1) is 0 Å². The summed E-state index contributed by atoms with van der Waals surface area (Å²) < 4.78 is 82.9. The molecule has 1 aromatic rings. The Kier molecular flexibility index (Phi) is 4.63. The molecule has 0 spiro atoms. The first-order valence-corrected chi connectivity index (χ1v) is 6.48. The van der Waals surface area contributed by atoms with Crippen LogP contribution in [0.5, 0.6) is 0 Å². The zero-order chi connectivity index (χ0) is 18.1. The minimum absolute atomic E-state index is 0.267. The van der Waals surface area contributed by atoms with Crippen LogP contribution in [-0.4, -0.2) is 25.7 Å². The Labute approximate surface area is 131 Å². The SMILES string of the molecule is COC(=O)NC1=NC(c2c(C(F)(F)F)cccc2C(F)(F)F)CN1. The lowest BCUT2D eigenvalue weighted by atomic mass is 9.94. The quantitative estimate of drug-likeness (QED) is 0.761. The average Bonchev–Trinajstić information content (AvgIpc) is 2.92. The molecule has 0 fully saturated rings. The van der Waals surface area contributed by atoms with E-state index in [0.717, 1.165) is 7.11 Å². The molecule has 11 heteroatoms. The second-order valence-electron chi connectivity index (χ2n) is 4.75. The molecular formula is C13H11F6N3O2. The maximum absolute atomic E-state index is 13.1. The van der Waals surface area contributed by atoms with Gasteiger partial charge in [0.2, 0.25) is 5.96 Å². The number of nitrogens with one attached hydrogen (secondary N) is 2. The first kappa shape index (κ1) is 17.9. The van der Waals surface area contributed by atoms with Crippen LogP contribution < -0.4 is 10.6 Å². The predicted molar refractivity (Wildman–Crippen MR) is 70.2 cm³/mol. The Balaban J connectivity index is 2.51. The third-order valence-corrected chi connectivity index (χ3v) is 3.20. The number of hydrogen-bond acceptors (Lipinski definition) is 4. The van der Waals surface area contributed by atoms with Gasteiger partial charge < -0.3 is 10.1 Å². The number of hydrogen-bond donors (Lipinski definition) is 2. The van der Waals surface area contributed by atoms with Crippen LogP contribution in [0.3, 0.4) is 0 Å². The molecule has 1 amide bonds. The molecule has 0 radical (unpaired) electrons. The number of carbonyl (C=O) groups is 1. The van der Waals surface area contributed by atoms with Gasteiger partial charge in [0.05, 0.1) is 24.3 Å². The number of amides is 1. The number of rotatable bonds is 1. The van der Waals surface area contributed by atoms with Crippen molar-refractivity contribution in [1.29, 1.82) is 0 Å². The minimum Gasteiger partial charge on any atom is -0.453 e. The van der Waals surface area contributed by atoms with Crippen LogP contribution in [0.2, 0.25) is 0 Å². The van der Waals surface area contributed by atoms with Crippen LogP contribution in [0.1, 0.15) is 22.7 Å². The van der Waals surface area contributed by atoms with Crippen molar-refractivity contribution < 1.29 is 35.9 Å². The van der Waals surface area contributed by atoms with Gasteiger partial charge in [0.15, 0.2) is 0 Å². The van der Waals surface area contributed by atoms with Crippen LogP contribution >= 0.6 is 0 Å². The van der Waals surface area contributed by atoms with Gasteiger partial charge in [0.1, 0.15) is 0 Å². The van der Waals surface area contributed by atoms with E-state index >= 15 is 0 Å². The summed E-state index contributed by atoms with van der Waals surface area (Å²) in [7, 11) is 1.04. The van der Waals surface area contributed by atoms with Gasteiger partial charge in [-0.15, -0.1) is 0 Å². The van der Waals surface area contributed by atoms with Crippen LogP contribution in [0.4, 0.5) is 31.1 Å². The maximum Gasteiger partial charge on any atom is 0.416 e. The van der Waals surface area contributed by atoms with E-state index in [2.05, 4.69) is 20.4 Å². The molecule has 1 aliphatic heterocycles. The lowest BCUT2D eigenvalue weighted by Gasteiger charge is -2.20. The number of methoxy groups -OCH3 is 1. The minimum atomic E-state index is -4.98. The van der Waals surface area contributed by atoms with E-state index < -0.39 is 41.2 Å². The number of alkyl carbamates (subject to hydrolysis) is 1. The fourth-order valence-corrected chi connectivity index (χ4v) is 2.25. The fraction of sp³-hybridized carbons (Fsp3) is 0.385. The van der Waals surface area contributed by atoms with Crippen molar-refractivity contribution in [1.82, 2.24) is 10.6 Å². The zero-order valence-corrected chi connectivity index (χ0v) is 12.0. The molecule has 5 nitrogen and oxygen atoms in total. The van der Waals surface area contributed by atoms with Crippen molar-refractivity contribution in [2.75, 3.05) is 13.7 Å². The number of nitrogens with zero attached hydrogens (tertiary/aromatic N) is 1. The molecule has 2 rings (SSSR count). The zero-order valence-electron chi connectivity index (χ0n) is 12.0. The van der Waals surface area contributed by atoms with E-state index in [0.29, 0.717) is 18.2 Å². The summed E-state index contributed by atoms with van der Waals surface area (Å²) in [5, 5.41) is 4.49. The molecule has 24 heavy (non-hydrogen) atoms. The van der Waals surface area contributed by atoms with Crippen molar-refractivity contribution >= 4 is 12.1 Å². The first-order valence-electron chi connectivity index (χ1n) is 6.48. The topological polar surface area (TPSA) is 62.7 Å².